The third-order valence-electron chi connectivity index (χ3n) is 2.65. The lowest BCUT2D eigenvalue weighted by Gasteiger charge is -2.18. The van der Waals surface area contributed by atoms with Gasteiger partial charge in [0.25, 0.3) is 0 Å². The van der Waals surface area contributed by atoms with Crippen LogP contribution in [0.25, 0.3) is 0 Å². The number of hydrogen-bond donors (Lipinski definition) is 1. The molecule has 4 nitrogen and oxygen atoms in total. The fourth-order valence-corrected chi connectivity index (χ4v) is 2.38. The third kappa shape index (κ3) is 4.34. The highest BCUT2D eigenvalue weighted by molar-refractivity contribution is 7.13. The second-order valence-corrected chi connectivity index (χ2v) is 4.60. The van der Waals surface area contributed by atoms with Gasteiger partial charge in [-0.2, -0.15) is 0 Å². The highest BCUT2D eigenvalue weighted by Gasteiger charge is 2.08. The van der Waals surface area contributed by atoms with E-state index in [0.29, 0.717) is 13.0 Å². The first-order valence-electron chi connectivity index (χ1n) is 6.17. The number of rotatable bonds is 7. The molecule has 0 aliphatic heterocycles. The van der Waals surface area contributed by atoms with Gasteiger partial charge in [0.1, 0.15) is 0 Å². The fourth-order valence-electron chi connectivity index (χ4n) is 1.56. The summed E-state index contributed by atoms with van der Waals surface area (Å²) in [6.07, 6.45) is 1.49. The van der Waals surface area contributed by atoms with Crippen LogP contribution in [0.15, 0.2) is 5.38 Å². The van der Waals surface area contributed by atoms with E-state index < -0.39 is 0 Å². The molecule has 1 rings (SSSR count). The smallest absolute Gasteiger partial charge is 0.224 e. The van der Waals surface area contributed by atoms with Crippen LogP contribution >= 0.6 is 11.3 Å². The Morgan fingerprint density at radius 1 is 1.41 bits per heavy atom. The Morgan fingerprint density at radius 2 is 2.12 bits per heavy atom. The van der Waals surface area contributed by atoms with Crippen LogP contribution in [0.3, 0.4) is 0 Å². The summed E-state index contributed by atoms with van der Waals surface area (Å²) in [4.78, 5) is 18.0. The van der Waals surface area contributed by atoms with Crippen molar-refractivity contribution in [1.29, 1.82) is 0 Å². The molecule has 0 aliphatic carbocycles. The largest absolute Gasteiger partial charge is 0.361 e. The zero-order valence-electron chi connectivity index (χ0n) is 10.8. The lowest BCUT2D eigenvalue weighted by Crippen LogP contribution is -2.31. The molecular weight excluding hydrogens is 234 g/mol. The molecule has 1 amide bonds. The molecule has 1 heterocycles. The predicted octanol–water partition coefficient (Wildman–Crippen LogP) is 2.38. The van der Waals surface area contributed by atoms with E-state index in [4.69, 9.17) is 0 Å². The van der Waals surface area contributed by atoms with E-state index in [2.05, 4.69) is 22.6 Å². The minimum Gasteiger partial charge on any atom is -0.361 e. The number of aryl methyl sites for hydroxylation is 1. The minimum atomic E-state index is 0.203. The van der Waals surface area contributed by atoms with Crippen LogP contribution in [0.2, 0.25) is 0 Å². The second-order valence-electron chi connectivity index (χ2n) is 3.74. The number of thiazole rings is 1. The van der Waals surface area contributed by atoms with E-state index in [1.54, 1.807) is 11.3 Å². The molecule has 0 saturated heterocycles. The number of hydrogen-bond acceptors (Lipinski definition) is 4. The van der Waals surface area contributed by atoms with Crippen molar-refractivity contribution in [3.63, 3.8) is 0 Å². The van der Waals surface area contributed by atoms with Gasteiger partial charge in [0.15, 0.2) is 5.13 Å². The van der Waals surface area contributed by atoms with Crippen molar-refractivity contribution in [3.8, 4) is 0 Å². The van der Waals surface area contributed by atoms with Gasteiger partial charge in [-0.25, -0.2) is 4.98 Å². The van der Waals surface area contributed by atoms with Crippen molar-refractivity contribution >= 4 is 22.4 Å². The Hall–Kier alpha value is -1.10. The topological polar surface area (TPSA) is 45.2 Å². The molecule has 1 aromatic heterocycles. The second kappa shape index (κ2) is 7.27. The molecule has 0 aliphatic rings. The third-order valence-corrected chi connectivity index (χ3v) is 3.49. The highest BCUT2D eigenvalue weighted by atomic mass is 32.1. The lowest BCUT2D eigenvalue weighted by atomic mass is 10.3. The molecule has 1 aromatic rings. The van der Waals surface area contributed by atoms with Gasteiger partial charge in [-0.1, -0.05) is 6.92 Å². The molecule has 0 fully saturated rings. The predicted molar refractivity (Wildman–Crippen MR) is 72.5 cm³/mol. The van der Waals surface area contributed by atoms with Crippen molar-refractivity contribution in [2.45, 2.75) is 33.6 Å². The van der Waals surface area contributed by atoms with Crippen LogP contribution in [0.4, 0.5) is 5.13 Å². The standard InChI is InChI=1S/C12H21N3OS/c1-4-10-9-17-12(14-10)13-8-7-11(16)15(5-2)6-3/h9H,4-8H2,1-3H3,(H,13,14). The monoisotopic (exact) mass is 255 g/mol. The van der Waals surface area contributed by atoms with E-state index in [0.717, 1.165) is 30.3 Å². The van der Waals surface area contributed by atoms with Crippen molar-refractivity contribution in [1.82, 2.24) is 9.88 Å². The first-order valence-corrected chi connectivity index (χ1v) is 7.05. The SMILES string of the molecule is CCc1csc(NCCC(=O)N(CC)CC)n1. The molecule has 96 valence electrons. The van der Waals surface area contributed by atoms with Gasteiger partial charge in [-0.15, -0.1) is 11.3 Å². The average Bonchev–Trinajstić information content (AvgIpc) is 2.78. The number of anilines is 1. The zero-order valence-corrected chi connectivity index (χ0v) is 11.6. The van der Waals surface area contributed by atoms with Gasteiger partial charge in [0.2, 0.25) is 5.91 Å². The number of aromatic nitrogens is 1. The summed E-state index contributed by atoms with van der Waals surface area (Å²) < 4.78 is 0. The van der Waals surface area contributed by atoms with E-state index in [1.807, 2.05) is 18.7 Å². The molecule has 0 bridgehead atoms. The van der Waals surface area contributed by atoms with Crippen LogP contribution in [-0.2, 0) is 11.2 Å². The highest BCUT2D eigenvalue weighted by Crippen LogP contribution is 2.15. The van der Waals surface area contributed by atoms with Crippen molar-refractivity contribution in [3.05, 3.63) is 11.1 Å². The number of carbonyl (C=O) groups excluding carboxylic acids is 1. The summed E-state index contributed by atoms with van der Waals surface area (Å²) >= 11 is 1.60. The molecule has 5 heteroatoms. The Labute approximate surface area is 107 Å². The number of carbonyl (C=O) groups is 1. The Balaban J connectivity index is 2.29. The lowest BCUT2D eigenvalue weighted by molar-refractivity contribution is -0.130. The molecule has 0 radical (unpaired) electrons. The van der Waals surface area contributed by atoms with Crippen molar-refractivity contribution in [2.75, 3.05) is 25.0 Å². The maximum Gasteiger partial charge on any atom is 0.224 e. The summed E-state index contributed by atoms with van der Waals surface area (Å²) in [5.74, 6) is 0.203. The Bertz CT molecular complexity index is 347. The summed E-state index contributed by atoms with van der Waals surface area (Å²) in [6.45, 7) is 8.32. The summed E-state index contributed by atoms with van der Waals surface area (Å²) in [5, 5.41) is 6.15. The zero-order chi connectivity index (χ0) is 12.7. The maximum atomic E-state index is 11.7. The molecule has 0 aromatic carbocycles. The normalized spacial score (nSPS) is 10.3. The van der Waals surface area contributed by atoms with E-state index in [-0.39, 0.29) is 5.91 Å². The van der Waals surface area contributed by atoms with Gasteiger partial charge in [0, 0.05) is 31.4 Å². The van der Waals surface area contributed by atoms with Crippen LogP contribution in [0, 0.1) is 0 Å². The molecule has 17 heavy (non-hydrogen) atoms. The number of nitrogens with zero attached hydrogens (tertiary/aromatic N) is 2. The first-order chi connectivity index (χ1) is 8.21. The molecule has 0 spiro atoms. The maximum absolute atomic E-state index is 11.7. The summed E-state index contributed by atoms with van der Waals surface area (Å²) in [6, 6.07) is 0. The number of amides is 1. The Kier molecular flexibility index (Phi) is 5.97. The molecular formula is C12H21N3OS. The van der Waals surface area contributed by atoms with Gasteiger partial charge in [-0.05, 0) is 20.3 Å². The average molecular weight is 255 g/mol. The van der Waals surface area contributed by atoms with Crippen LogP contribution in [0.5, 0.6) is 0 Å². The molecule has 0 unspecified atom stereocenters. The Morgan fingerprint density at radius 3 is 2.65 bits per heavy atom. The van der Waals surface area contributed by atoms with E-state index >= 15 is 0 Å². The fraction of sp³-hybridized carbons (Fsp3) is 0.667. The molecule has 0 atom stereocenters. The van der Waals surface area contributed by atoms with Gasteiger partial charge in [-0.3, -0.25) is 4.79 Å². The summed E-state index contributed by atoms with van der Waals surface area (Å²) in [5.41, 5.74) is 1.10. The van der Waals surface area contributed by atoms with Crippen LogP contribution in [-0.4, -0.2) is 35.4 Å². The van der Waals surface area contributed by atoms with E-state index in [1.165, 1.54) is 0 Å². The van der Waals surface area contributed by atoms with Crippen molar-refractivity contribution in [2.24, 2.45) is 0 Å². The number of nitrogens with one attached hydrogen (secondary N) is 1. The van der Waals surface area contributed by atoms with E-state index in [9.17, 15) is 4.79 Å². The van der Waals surface area contributed by atoms with Crippen molar-refractivity contribution < 1.29 is 4.79 Å². The summed E-state index contributed by atoms with van der Waals surface area (Å²) in [7, 11) is 0. The van der Waals surface area contributed by atoms with Crippen LogP contribution < -0.4 is 5.32 Å². The van der Waals surface area contributed by atoms with Gasteiger partial charge in [0.05, 0.1) is 5.69 Å². The molecule has 0 saturated carbocycles. The quantitative estimate of drug-likeness (QED) is 0.813. The van der Waals surface area contributed by atoms with Crippen LogP contribution in [0.1, 0.15) is 32.9 Å². The minimum absolute atomic E-state index is 0.203. The molecule has 1 N–H and O–H groups in total. The van der Waals surface area contributed by atoms with Gasteiger partial charge >= 0.3 is 0 Å². The first kappa shape index (κ1) is 14.0. The van der Waals surface area contributed by atoms with Gasteiger partial charge < -0.3 is 10.2 Å².